The number of nitrogens with zero attached hydrogens (tertiary/aromatic N) is 6. The molecule has 17 nitrogen and oxygen atoms in total. The van der Waals surface area contributed by atoms with Crippen LogP contribution in [0.4, 0.5) is 21.2 Å². The number of anilines is 2. The van der Waals surface area contributed by atoms with Crippen LogP contribution in [-0.2, 0) is 24.5 Å². The number of imide groups is 1. The number of hydrogen-bond donors (Lipinski definition) is 4. The zero-order chi connectivity index (χ0) is 50.6. The predicted molar refractivity (Wildman–Crippen MR) is 270 cm³/mol. The Morgan fingerprint density at radius 3 is 2.14 bits per heavy atom. The Balaban J connectivity index is 1.23. The number of benzene rings is 5. The summed E-state index contributed by atoms with van der Waals surface area (Å²) in [6.07, 6.45) is 2.38. The Morgan fingerprint density at radius 2 is 1.48 bits per heavy atom. The van der Waals surface area contributed by atoms with Crippen molar-refractivity contribution in [3.63, 3.8) is 0 Å². The molecule has 4 aliphatic heterocycles. The highest BCUT2D eigenvalue weighted by Gasteiger charge is 2.76. The molecule has 3 saturated heterocycles. The molecule has 1 aromatic heterocycles. The lowest BCUT2D eigenvalue weighted by molar-refractivity contribution is -0.179. The smallest absolute Gasteiger partial charge is 0.329 e. The first-order valence-electron chi connectivity index (χ1n) is 24.2. The van der Waals surface area contributed by atoms with Crippen molar-refractivity contribution in [3.05, 3.63) is 185 Å². The number of fused-ring (bicyclic) bond motifs is 3. The first-order chi connectivity index (χ1) is 35.6. The topological polar surface area (TPSA) is 213 Å². The van der Waals surface area contributed by atoms with Crippen LogP contribution in [0.3, 0.4) is 0 Å². The van der Waals surface area contributed by atoms with Crippen molar-refractivity contribution in [1.82, 2.24) is 30.4 Å². The molecule has 370 valence electrons. The van der Waals surface area contributed by atoms with Gasteiger partial charge in [-0.2, -0.15) is 0 Å². The summed E-state index contributed by atoms with van der Waals surface area (Å²) in [5.41, 5.74) is 6.98. The molecule has 0 unspecified atom stereocenters. The predicted octanol–water partition coefficient (Wildman–Crippen LogP) is 5.35. The molecule has 1 spiro atoms. The second kappa shape index (κ2) is 20.6. The lowest BCUT2D eigenvalue weighted by atomic mass is 9.64. The highest BCUT2D eigenvalue weighted by Crippen LogP contribution is 2.66. The van der Waals surface area contributed by atoms with Crippen LogP contribution in [0.2, 0.25) is 0 Å². The molecule has 0 aliphatic carbocycles. The number of esters is 1. The van der Waals surface area contributed by atoms with Crippen LogP contribution in [-0.4, -0.2) is 107 Å². The zero-order valence-electron chi connectivity index (χ0n) is 39.9. The van der Waals surface area contributed by atoms with Crippen molar-refractivity contribution in [3.8, 4) is 17.6 Å². The first kappa shape index (κ1) is 48.1. The molecule has 6 amide bonds. The first-order valence-corrected chi connectivity index (χ1v) is 24.2. The number of urea groups is 2. The van der Waals surface area contributed by atoms with Gasteiger partial charge in [0.25, 0.3) is 0 Å². The largest absolute Gasteiger partial charge is 0.491 e. The number of carbonyl (C=O) groups is 5. The number of amides is 6. The van der Waals surface area contributed by atoms with E-state index in [1.807, 2.05) is 108 Å². The van der Waals surface area contributed by atoms with Gasteiger partial charge in [0.05, 0.1) is 42.9 Å². The van der Waals surface area contributed by atoms with E-state index in [0.717, 1.165) is 16.0 Å². The second-order valence-corrected chi connectivity index (χ2v) is 18.2. The van der Waals surface area contributed by atoms with E-state index in [9.17, 15) is 9.90 Å². The van der Waals surface area contributed by atoms with Crippen LogP contribution in [0.5, 0.6) is 5.75 Å². The van der Waals surface area contributed by atoms with Gasteiger partial charge in [-0.05, 0) is 71.1 Å². The summed E-state index contributed by atoms with van der Waals surface area (Å²) in [4.78, 5) is 91.3. The van der Waals surface area contributed by atoms with Crippen molar-refractivity contribution in [2.75, 3.05) is 55.7 Å². The second-order valence-electron chi connectivity index (χ2n) is 18.2. The van der Waals surface area contributed by atoms with E-state index in [4.69, 9.17) is 15.2 Å². The van der Waals surface area contributed by atoms with Gasteiger partial charge in [-0.3, -0.25) is 19.3 Å². The summed E-state index contributed by atoms with van der Waals surface area (Å²) >= 11 is 0. The number of ether oxygens (including phenoxy) is 2. The van der Waals surface area contributed by atoms with Gasteiger partial charge < -0.3 is 40.7 Å². The van der Waals surface area contributed by atoms with Gasteiger partial charge in [0.2, 0.25) is 17.8 Å². The van der Waals surface area contributed by atoms with Gasteiger partial charge in [0.15, 0.2) is 0 Å². The van der Waals surface area contributed by atoms with Gasteiger partial charge in [0.1, 0.15) is 29.9 Å². The lowest BCUT2D eigenvalue weighted by Gasteiger charge is -2.46. The molecule has 5 heterocycles. The number of rotatable bonds is 11. The highest BCUT2D eigenvalue weighted by molar-refractivity contribution is 6.24. The summed E-state index contributed by atoms with van der Waals surface area (Å²) in [5.74, 6) is 3.51. The number of aliphatic hydroxyl groups is 1. The van der Waals surface area contributed by atoms with Crippen molar-refractivity contribution in [1.29, 1.82) is 0 Å². The fraction of sp³-hybridized carbons (Fsp3) is 0.268. The van der Waals surface area contributed by atoms with Gasteiger partial charge in [-0.15, -0.1) is 0 Å². The van der Waals surface area contributed by atoms with E-state index >= 15 is 19.2 Å². The quantitative estimate of drug-likeness (QED) is 0.0956. The van der Waals surface area contributed by atoms with Crippen LogP contribution in [0, 0.1) is 17.8 Å². The summed E-state index contributed by atoms with van der Waals surface area (Å²) in [6.45, 7) is 2.63. The third kappa shape index (κ3) is 8.96. The molecule has 0 saturated carbocycles. The average Bonchev–Trinajstić information content (AvgIpc) is 3.92. The Labute approximate surface area is 421 Å². The minimum absolute atomic E-state index is 0.0257. The maximum absolute atomic E-state index is 16.8. The molecular weight excluding hydrogens is 927 g/mol. The van der Waals surface area contributed by atoms with E-state index < -0.39 is 71.5 Å². The molecule has 4 aliphatic rings. The van der Waals surface area contributed by atoms with Crippen molar-refractivity contribution in [2.45, 2.75) is 42.6 Å². The monoisotopic (exact) mass is 979 g/mol. The number of piperazine rings is 1. The molecule has 5 N–H and O–H groups in total. The number of carbonyl (C=O) groups excluding carboxylic acids is 5. The number of nitrogens with one attached hydrogen (secondary N) is 2. The third-order valence-electron chi connectivity index (χ3n) is 14.1. The van der Waals surface area contributed by atoms with Gasteiger partial charge in [-0.25, -0.2) is 24.5 Å². The van der Waals surface area contributed by atoms with Crippen LogP contribution in [0.25, 0.3) is 0 Å². The molecule has 0 radical (unpaired) electrons. The zero-order valence-corrected chi connectivity index (χ0v) is 39.9. The summed E-state index contributed by atoms with van der Waals surface area (Å²) < 4.78 is 12.5. The Bertz CT molecular complexity index is 3060. The summed E-state index contributed by atoms with van der Waals surface area (Å²) in [7, 11) is 0. The molecule has 17 heteroatoms. The van der Waals surface area contributed by atoms with E-state index in [0.29, 0.717) is 47.0 Å². The molecule has 7 atom stereocenters. The SMILES string of the molecule is C[C@@H](NC(=O)N1C(=O)[C@@]2(c3cc(C#CCNC(N)=O)ccc31)[C@H](c1ccc(OCCO)cc1)N1[C@H](c3ccccc3)[C@H](c3ccccc3)OC(=O)[C@H]1[C@@H]2C(=O)N1CCN(c2ncccn2)CC1)c1ccccc1. The average molecular weight is 980 g/mol. The minimum Gasteiger partial charge on any atom is -0.491 e. The lowest BCUT2D eigenvalue weighted by Crippen LogP contribution is -2.59. The number of cyclic esters (lactones) is 1. The molecule has 5 aromatic carbocycles. The van der Waals surface area contributed by atoms with Crippen molar-refractivity contribution < 1.29 is 38.6 Å². The van der Waals surface area contributed by atoms with Crippen LogP contribution in [0.15, 0.2) is 152 Å². The third-order valence-corrected chi connectivity index (χ3v) is 14.1. The Morgan fingerprint density at radius 1 is 0.822 bits per heavy atom. The molecule has 6 aromatic rings. The standard InChI is InChI=1S/C56H53N9O8/c1-36(38-14-5-2-6-15-38)61-55(71)64-44-25-20-37(13-11-26-58-53(57)70)35-43(44)56(52(64)69)45(50(67)62-29-31-63(32-30-62)54-59-27-12-28-60-54)47-51(68)73-48(40-18-9-4-10-19-40)46(39-16-7-3-8-17-39)65(47)49(56)41-21-23-42(24-22-41)72-34-33-66/h2-10,12,14-25,27-28,35-36,45-49,66H,26,29-34H2,1H3,(H,61,71)(H3,57,58,70)/t36-,45-,46-,47-,48+,49+,56-/m1/s1. The maximum atomic E-state index is 16.8. The molecular formula is C56H53N9O8. The Hall–Kier alpha value is -8.59. The van der Waals surface area contributed by atoms with E-state index in [2.05, 4.69) is 32.4 Å². The number of primary amides is 1. The van der Waals surface area contributed by atoms with Crippen LogP contribution < -0.4 is 30.9 Å². The van der Waals surface area contributed by atoms with Gasteiger partial charge in [-0.1, -0.05) is 115 Å². The summed E-state index contributed by atoms with van der Waals surface area (Å²) in [6, 6.07) is 36.6. The Kier molecular flexibility index (Phi) is 13.6. The number of nitrogens with two attached hydrogens (primary N) is 1. The van der Waals surface area contributed by atoms with E-state index in [-0.39, 0.29) is 38.5 Å². The van der Waals surface area contributed by atoms with Crippen molar-refractivity contribution >= 4 is 41.5 Å². The summed E-state index contributed by atoms with van der Waals surface area (Å²) in [5, 5.41) is 15.2. The highest BCUT2D eigenvalue weighted by atomic mass is 16.6. The fourth-order valence-corrected chi connectivity index (χ4v) is 11.0. The molecule has 3 fully saturated rings. The van der Waals surface area contributed by atoms with Crippen LogP contribution in [0.1, 0.15) is 64.5 Å². The molecule has 0 bridgehead atoms. The molecule has 73 heavy (non-hydrogen) atoms. The number of aliphatic hydroxyl groups excluding tert-OH is 1. The van der Waals surface area contributed by atoms with Gasteiger partial charge in [0, 0.05) is 44.1 Å². The fourth-order valence-electron chi connectivity index (χ4n) is 11.0. The van der Waals surface area contributed by atoms with Crippen LogP contribution >= 0.6 is 0 Å². The van der Waals surface area contributed by atoms with Crippen molar-refractivity contribution in [2.24, 2.45) is 11.7 Å². The number of morpholine rings is 1. The molecule has 10 rings (SSSR count). The van der Waals surface area contributed by atoms with Gasteiger partial charge >= 0.3 is 18.0 Å². The minimum atomic E-state index is -2.04. The van der Waals surface area contributed by atoms with E-state index in [1.54, 1.807) is 65.8 Å². The normalized spacial score (nSPS) is 22.6. The number of aromatic nitrogens is 2. The maximum Gasteiger partial charge on any atom is 0.329 e. The van der Waals surface area contributed by atoms with E-state index in [1.165, 1.54) is 0 Å². The number of hydrogen-bond acceptors (Lipinski definition) is 12.